The first kappa shape index (κ1) is 20.3. The Kier molecular flexibility index (Phi) is 6.61. The van der Waals surface area contributed by atoms with Crippen molar-refractivity contribution >= 4 is 44.5 Å². The number of anilines is 1. The van der Waals surface area contributed by atoms with Crippen LogP contribution in [0.3, 0.4) is 0 Å². The van der Waals surface area contributed by atoms with Crippen LogP contribution in [0.4, 0.5) is 5.13 Å². The number of esters is 1. The molecule has 3 rings (SSSR count). The fourth-order valence-corrected chi connectivity index (χ4v) is 4.23. The van der Waals surface area contributed by atoms with Crippen molar-refractivity contribution in [3.05, 3.63) is 23.8 Å². The molecule has 0 bridgehead atoms. The summed E-state index contributed by atoms with van der Waals surface area (Å²) < 4.78 is 6.03. The lowest BCUT2D eigenvalue weighted by Crippen LogP contribution is -2.43. The minimum absolute atomic E-state index is 0.0115. The number of hydrogen-bond acceptors (Lipinski definition) is 6. The van der Waals surface area contributed by atoms with Crippen molar-refractivity contribution in [2.24, 2.45) is 5.92 Å². The molecule has 150 valence electrons. The quantitative estimate of drug-likeness (QED) is 0.749. The van der Waals surface area contributed by atoms with Crippen molar-refractivity contribution in [3.63, 3.8) is 0 Å². The largest absolute Gasteiger partial charge is 0.466 e. The van der Waals surface area contributed by atoms with Gasteiger partial charge in [-0.25, -0.2) is 4.98 Å². The number of carbonyl (C=O) groups is 3. The third-order valence-electron chi connectivity index (χ3n) is 4.77. The van der Waals surface area contributed by atoms with E-state index in [9.17, 15) is 14.4 Å². The lowest BCUT2D eigenvalue weighted by Gasteiger charge is -2.31. The third-order valence-corrected chi connectivity index (χ3v) is 5.70. The van der Waals surface area contributed by atoms with E-state index in [-0.39, 0.29) is 30.1 Å². The van der Waals surface area contributed by atoms with Gasteiger partial charge >= 0.3 is 5.97 Å². The lowest BCUT2D eigenvalue weighted by molar-refractivity contribution is -0.151. The third kappa shape index (κ3) is 4.86. The molecule has 1 aromatic carbocycles. The van der Waals surface area contributed by atoms with Crippen LogP contribution in [0, 0.1) is 5.92 Å². The van der Waals surface area contributed by atoms with Crippen LogP contribution in [0.1, 0.15) is 38.7 Å². The van der Waals surface area contributed by atoms with E-state index in [1.807, 2.05) is 18.2 Å². The number of piperidine rings is 1. The highest BCUT2D eigenvalue weighted by molar-refractivity contribution is 7.22. The Morgan fingerprint density at radius 2 is 2.14 bits per heavy atom. The molecule has 1 N–H and O–H groups in total. The first-order valence-electron chi connectivity index (χ1n) is 9.63. The van der Waals surface area contributed by atoms with Gasteiger partial charge in [-0.15, -0.1) is 0 Å². The number of benzene rings is 1. The second kappa shape index (κ2) is 9.14. The second-order valence-electron chi connectivity index (χ2n) is 6.83. The Labute approximate surface area is 168 Å². The predicted octanol–water partition coefficient (Wildman–Crippen LogP) is 2.99. The van der Waals surface area contributed by atoms with Crippen LogP contribution in [0.15, 0.2) is 18.2 Å². The summed E-state index contributed by atoms with van der Waals surface area (Å²) in [7, 11) is 0. The number of nitrogens with zero attached hydrogens (tertiary/aromatic N) is 2. The van der Waals surface area contributed by atoms with Crippen molar-refractivity contribution in [2.75, 3.05) is 25.0 Å². The molecule has 0 unspecified atom stereocenters. The zero-order chi connectivity index (χ0) is 20.1. The van der Waals surface area contributed by atoms with Gasteiger partial charge in [0.1, 0.15) is 0 Å². The zero-order valence-corrected chi connectivity index (χ0v) is 17.0. The Balaban J connectivity index is 1.65. The van der Waals surface area contributed by atoms with E-state index in [4.69, 9.17) is 4.74 Å². The zero-order valence-electron chi connectivity index (χ0n) is 16.2. The maximum Gasteiger partial charge on any atom is 0.310 e. The monoisotopic (exact) mass is 403 g/mol. The Hall–Kier alpha value is -2.48. The Bertz CT molecular complexity index is 879. The molecule has 1 aliphatic heterocycles. The topological polar surface area (TPSA) is 88.6 Å². The number of thiazole rings is 1. The first-order chi connectivity index (χ1) is 13.5. The minimum atomic E-state index is -0.230. The van der Waals surface area contributed by atoms with Crippen LogP contribution in [0.25, 0.3) is 10.2 Å². The van der Waals surface area contributed by atoms with E-state index in [0.29, 0.717) is 31.2 Å². The van der Waals surface area contributed by atoms with Crippen molar-refractivity contribution in [1.29, 1.82) is 0 Å². The standard InChI is InChI=1S/C20H25N3O4S/c1-3-17(24)22-20-21-15-8-7-13(10-16(15)28-20)11-18(25)23-9-5-6-14(12-23)19(26)27-4-2/h7-8,10,14H,3-6,9,11-12H2,1-2H3,(H,21,22,24)/t14-/m1/s1. The number of amides is 2. The number of fused-ring (bicyclic) bond motifs is 1. The highest BCUT2D eigenvalue weighted by atomic mass is 32.1. The van der Waals surface area contributed by atoms with Crippen LogP contribution in [-0.2, 0) is 25.5 Å². The van der Waals surface area contributed by atoms with Crippen molar-refractivity contribution in [2.45, 2.75) is 39.5 Å². The van der Waals surface area contributed by atoms with Crippen LogP contribution < -0.4 is 5.32 Å². The van der Waals surface area contributed by atoms with E-state index < -0.39 is 0 Å². The summed E-state index contributed by atoms with van der Waals surface area (Å²) in [6.07, 6.45) is 2.25. The van der Waals surface area contributed by atoms with Gasteiger partial charge in [0.15, 0.2) is 5.13 Å². The van der Waals surface area contributed by atoms with Crippen molar-refractivity contribution in [1.82, 2.24) is 9.88 Å². The van der Waals surface area contributed by atoms with Gasteiger partial charge in [-0.2, -0.15) is 0 Å². The maximum atomic E-state index is 12.7. The summed E-state index contributed by atoms with van der Waals surface area (Å²) in [5, 5.41) is 3.34. The number of likely N-dealkylation sites (tertiary alicyclic amines) is 1. The molecule has 2 aromatic rings. The SMILES string of the molecule is CCOC(=O)[C@@H]1CCCN(C(=O)Cc2ccc3nc(NC(=O)CC)sc3c2)C1. The summed E-state index contributed by atoms with van der Waals surface area (Å²) in [5.74, 6) is -0.507. The molecule has 0 spiro atoms. The van der Waals surface area contributed by atoms with E-state index in [0.717, 1.165) is 28.6 Å². The lowest BCUT2D eigenvalue weighted by atomic mass is 9.97. The van der Waals surface area contributed by atoms with Crippen molar-refractivity contribution < 1.29 is 19.1 Å². The van der Waals surface area contributed by atoms with Gasteiger partial charge in [0.05, 0.1) is 29.2 Å². The molecule has 0 aliphatic carbocycles. The fourth-order valence-electron chi connectivity index (χ4n) is 3.28. The molecule has 1 aliphatic rings. The minimum Gasteiger partial charge on any atom is -0.466 e. The van der Waals surface area contributed by atoms with E-state index in [2.05, 4.69) is 10.3 Å². The molecule has 1 atom stereocenters. The molecule has 2 amide bonds. The smallest absolute Gasteiger partial charge is 0.310 e. The normalized spacial score (nSPS) is 16.8. The van der Waals surface area contributed by atoms with Gasteiger partial charge in [-0.1, -0.05) is 24.3 Å². The van der Waals surface area contributed by atoms with Crippen LogP contribution in [0.5, 0.6) is 0 Å². The maximum absolute atomic E-state index is 12.7. The van der Waals surface area contributed by atoms with Crippen molar-refractivity contribution in [3.8, 4) is 0 Å². The summed E-state index contributed by atoms with van der Waals surface area (Å²) in [6.45, 7) is 5.04. The van der Waals surface area contributed by atoms with Crippen LogP contribution in [-0.4, -0.2) is 47.4 Å². The van der Waals surface area contributed by atoms with Crippen LogP contribution in [0.2, 0.25) is 0 Å². The van der Waals surface area contributed by atoms with Gasteiger partial charge in [-0.3, -0.25) is 14.4 Å². The average molecular weight is 404 g/mol. The number of hydrogen-bond donors (Lipinski definition) is 1. The van der Waals surface area contributed by atoms with E-state index in [1.165, 1.54) is 11.3 Å². The number of rotatable bonds is 6. The molecule has 1 saturated heterocycles. The number of nitrogens with one attached hydrogen (secondary N) is 1. The molecule has 2 heterocycles. The Morgan fingerprint density at radius 1 is 1.32 bits per heavy atom. The summed E-state index contributed by atoms with van der Waals surface area (Å²) in [6, 6.07) is 5.70. The van der Waals surface area contributed by atoms with E-state index in [1.54, 1.807) is 18.7 Å². The number of carbonyl (C=O) groups excluding carboxylic acids is 3. The molecule has 0 radical (unpaired) electrons. The molecule has 1 fully saturated rings. The number of aromatic nitrogens is 1. The molecule has 28 heavy (non-hydrogen) atoms. The van der Waals surface area contributed by atoms with E-state index >= 15 is 0 Å². The van der Waals surface area contributed by atoms with Gasteiger partial charge in [0.2, 0.25) is 11.8 Å². The summed E-state index contributed by atoms with van der Waals surface area (Å²) in [5.41, 5.74) is 1.70. The molecule has 7 nitrogen and oxygen atoms in total. The number of ether oxygens (including phenoxy) is 1. The molecular weight excluding hydrogens is 378 g/mol. The molecule has 0 saturated carbocycles. The highest BCUT2D eigenvalue weighted by Crippen LogP contribution is 2.27. The predicted molar refractivity (Wildman–Crippen MR) is 108 cm³/mol. The van der Waals surface area contributed by atoms with Crippen LogP contribution >= 0.6 is 11.3 Å². The molecule has 1 aromatic heterocycles. The van der Waals surface area contributed by atoms with Gasteiger partial charge in [-0.05, 0) is 37.5 Å². The highest BCUT2D eigenvalue weighted by Gasteiger charge is 2.29. The molecule has 8 heteroatoms. The van der Waals surface area contributed by atoms with Gasteiger partial charge in [0.25, 0.3) is 0 Å². The Morgan fingerprint density at radius 3 is 2.89 bits per heavy atom. The fraction of sp³-hybridized carbons (Fsp3) is 0.500. The molecular formula is C20H25N3O4S. The van der Waals surface area contributed by atoms with Gasteiger partial charge < -0.3 is 15.0 Å². The first-order valence-corrected chi connectivity index (χ1v) is 10.5. The van der Waals surface area contributed by atoms with Gasteiger partial charge in [0, 0.05) is 19.5 Å². The summed E-state index contributed by atoms with van der Waals surface area (Å²) >= 11 is 1.40. The summed E-state index contributed by atoms with van der Waals surface area (Å²) in [4.78, 5) is 42.4. The average Bonchev–Trinajstić information content (AvgIpc) is 3.09. The second-order valence-corrected chi connectivity index (χ2v) is 7.86.